The highest BCUT2D eigenvalue weighted by Gasteiger charge is 2.25. The van der Waals surface area contributed by atoms with E-state index in [-0.39, 0.29) is 23.0 Å². The number of carboxylic acid groups (broad SMARTS) is 1. The Morgan fingerprint density at radius 3 is 2.61 bits per heavy atom. The summed E-state index contributed by atoms with van der Waals surface area (Å²) in [6.07, 6.45) is 1.11. The lowest BCUT2D eigenvalue weighted by atomic mass is 10.1. The third-order valence-corrected chi connectivity index (χ3v) is 3.88. The van der Waals surface area contributed by atoms with Crippen molar-refractivity contribution < 1.29 is 19.1 Å². The van der Waals surface area contributed by atoms with Crippen LogP contribution < -0.4 is 5.32 Å². The Bertz CT molecular complexity index is 548. The van der Waals surface area contributed by atoms with Crippen LogP contribution in [-0.2, 0) is 16.1 Å². The summed E-state index contributed by atoms with van der Waals surface area (Å²) in [6, 6.07) is 2.85. The fourth-order valence-corrected chi connectivity index (χ4v) is 2.49. The minimum Gasteiger partial charge on any atom is -0.480 e. The van der Waals surface area contributed by atoms with E-state index in [1.54, 1.807) is 13.0 Å². The van der Waals surface area contributed by atoms with Gasteiger partial charge in [0.15, 0.2) is 0 Å². The van der Waals surface area contributed by atoms with Crippen molar-refractivity contribution in [1.82, 2.24) is 10.2 Å². The van der Waals surface area contributed by atoms with Crippen molar-refractivity contribution in [2.75, 3.05) is 7.05 Å². The van der Waals surface area contributed by atoms with E-state index in [9.17, 15) is 14.0 Å². The van der Waals surface area contributed by atoms with Crippen molar-refractivity contribution in [3.8, 4) is 0 Å². The van der Waals surface area contributed by atoms with Crippen LogP contribution in [0.1, 0.15) is 32.3 Å². The lowest BCUT2D eigenvalue weighted by Gasteiger charge is -2.25. The minimum atomic E-state index is -0.994. The molecule has 0 heterocycles. The van der Waals surface area contributed by atoms with Gasteiger partial charge in [0.1, 0.15) is 11.9 Å². The SMILES string of the molecule is CCCC(NC(C)C(=O)N(C)Cc1c(F)cccc1Cl)C(=O)O. The summed E-state index contributed by atoms with van der Waals surface area (Å²) in [5, 5.41) is 12.2. The van der Waals surface area contributed by atoms with Gasteiger partial charge < -0.3 is 10.0 Å². The highest BCUT2D eigenvalue weighted by atomic mass is 35.5. The maximum atomic E-state index is 13.8. The quantitative estimate of drug-likeness (QED) is 0.760. The molecule has 0 aliphatic carbocycles. The molecule has 1 rings (SSSR count). The largest absolute Gasteiger partial charge is 0.480 e. The molecule has 0 bridgehead atoms. The average molecular weight is 345 g/mol. The monoisotopic (exact) mass is 344 g/mol. The molecule has 0 radical (unpaired) electrons. The van der Waals surface area contributed by atoms with E-state index in [4.69, 9.17) is 16.7 Å². The van der Waals surface area contributed by atoms with E-state index in [1.165, 1.54) is 24.1 Å². The van der Waals surface area contributed by atoms with Crippen molar-refractivity contribution in [2.24, 2.45) is 0 Å². The zero-order chi connectivity index (χ0) is 17.6. The van der Waals surface area contributed by atoms with Crippen LogP contribution in [0.4, 0.5) is 4.39 Å². The highest BCUT2D eigenvalue weighted by Crippen LogP contribution is 2.20. The van der Waals surface area contributed by atoms with Crippen molar-refractivity contribution in [1.29, 1.82) is 0 Å². The van der Waals surface area contributed by atoms with Crippen LogP contribution in [0.25, 0.3) is 0 Å². The number of amides is 1. The Kier molecular flexibility index (Phi) is 7.45. The highest BCUT2D eigenvalue weighted by molar-refractivity contribution is 6.31. The van der Waals surface area contributed by atoms with Gasteiger partial charge in [0.05, 0.1) is 6.04 Å². The predicted molar refractivity (Wildman–Crippen MR) is 86.8 cm³/mol. The van der Waals surface area contributed by atoms with Gasteiger partial charge >= 0.3 is 5.97 Å². The normalized spacial score (nSPS) is 13.4. The van der Waals surface area contributed by atoms with E-state index in [0.29, 0.717) is 12.8 Å². The Balaban J connectivity index is 2.74. The number of carboxylic acids is 1. The first-order valence-corrected chi connectivity index (χ1v) is 7.82. The molecule has 1 aromatic rings. The molecule has 0 aliphatic rings. The van der Waals surface area contributed by atoms with Gasteiger partial charge in [-0.15, -0.1) is 0 Å². The molecule has 2 atom stereocenters. The molecule has 0 aliphatic heterocycles. The molecule has 23 heavy (non-hydrogen) atoms. The number of hydrogen-bond donors (Lipinski definition) is 2. The zero-order valence-electron chi connectivity index (χ0n) is 13.5. The number of nitrogens with zero attached hydrogens (tertiary/aromatic N) is 1. The number of carbonyl (C=O) groups is 2. The summed E-state index contributed by atoms with van der Waals surface area (Å²) >= 11 is 5.95. The van der Waals surface area contributed by atoms with Crippen LogP contribution >= 0.6 is 11.6 Å². The molecule has 1 amide bonds. The summed E-state index contributed by atoms with van der Waals surface area (Å²) in [7, 11) is 1.53. The lowest BCUT2D eigenvalue weighted by molar-refractivity contribution is -0.140. The average Bonchev–Trinajstić information content (AvgIpc) is 2.49. The van der Waals surface area contributed by atoms with Gasteiger partial charge in [-0.1, -0.05) is 31.0 Å². The summed E-state index contributed by atoms with van der Waals surface area (Å²) in [4.78, 5) is 24.8. The standard InChI is InChI=1S/C16H22ClFN2O3/c1-4-6-14(16(22)23)19-10(2)15(21)20(3)9-11-12(17)7-5-8-13(11)18/h5,7-8,10,14,19H,4,6,9H2,1-3H3,(H,22,23). The van der Waals surface area contributed by atoms with E-state index in [1.807, 2.05) is 6.92 Å². The number of halogens is 2. The summed E-state index contributed by atoms with van der Waals surface area (Å²) < 4.78 is 13.8. The molecule has 0 saturated carbocycles. The fraction of sp³-hybridized carbons (Fsp3) is 0.500. The molecule has 0 saturated heterocycles. The van der Waals surface area contributed by atoms with Gasteiger partial charge in [0.2, 0.25) is 5.91 Å². The second-order valence-electron chi connectivity index (χ2n) is 5.46. The number of carbonyl (C=O) groups excluding carboxylic acids is 1. The van der Waals surface area contributed by atoms with Crippen molar-refractivity contribution in [3.05, 3.63) is 34.6 Å². The number of rotatable bonds is 8. The molecule has 0 spiro atoms. The molecular weight excluding hydrogens is 323 g/mol. The van der Waals surface area contributed by atoms with E-state index < -0.39 is 23.9 Å². The Labute approximate surface area is 140 Å². The van der Waals surface area contributed by atoms with Crippen LogP contribution in [0.5, 0.6) is 0 Å². The molecule has 0 fully saturated rings. The molecule has 2 unspecified atom stereocenters. The smallest absolute Gasteiger partial charge is 0.320 e. The van der Waals surface area contributed by atoms with Crippen LogP contribution in [0.2, 0.25) is 5.02 Å². The zero-order valence-corrected chi connectivity index (χ0v) is 14.2. The van der Waals surface area contributed by atoms with Gasteiger partial charge in [-0.05, 0) is 25.5 Å². The molecule has 128 valence electrons. The number of nitrogens with one attached hydrogen (secondary N) is 1. The maximum absolute atomic E-state index is 13.8. The van der Waals surface area contributed by atoms with Gasteiger partial charge in [0, 0.05) is 24.2 Å². The van der Waals surface area contributed by atoms with Gasteiger partial charge in [-0.3, -0.25) is 14.9 Å². The topological polar surface area (TPSA) is 69.6 Å². The molecule has 5 nitrogen and oxygen atoms in total. The van der Waals surface area contributed by atoms with E-state index in [0.717, 1.165) is 0 Å². The number of hydrogen-bond acceptors (Lipinski definition) is 3. The van der Waals surface area contributed by atoms with E-state index >= 15 is 0 Å². The lowest BCUT2D eigenvalue weighted by Crippen LogP contribution is -2.49. The second kappa shape index (κ2) is 8.84. The maximum Gasteiger partial charge on any atom is 0.320 e. The predicted octanol–water partition coefficient (Wildman–Crippen LogP) is 2.67. The van der Waals surface area contributed by atoms with Crippen LogP contribution in [0, 0.1) is 5.82 Å². The Morgan fingerprint density at radius 1 is 1.43 bits per heavy atom. The van der Waals surface area contributed by atoms with Crippen molar-refractivity contribution in [2.45, 2.75) is 45.3 Å². The molecule has 2 N–H and O–H groups in total. The summed E-state index contributed by atoms with van der Waals surface area (Å²) in [6.45, 7) is 3.48. The number of likely N-dealkylation sites (N-methyl/N-ethyl adjacent to an activating group) is 1. The summed E-state index contributed by atoms with van der Waals surface area (Å²) in [5.74, 6) is -1.80. The number of benzene rings is 1. The first-order valence-electron chi connectivity index (χ1n) is 7.44. The molecule has 0 aromatic heterocycles. The summed E-state index contributed by atoms with van der Waals surface area (Å²) in [5.41, 5.74) is 0.237. The molecular formula is C16H22ClFN2O3. The fourth-order valence-electron chi connectivity index (χ4n) is 2.27. The minimum absolute atomic E-state index is 0.0157. The number of aliphatic carboxylic acids is 1. The van der Waals surface area contributed by atoms with Gasteiger partial charge in [-0.2, -0.15) is 0 Å². The van der Waals surface area contributed by atoms with Crippen LogP contribution in [0.15, 0.2) is 18.2 Å². The van der Waals surface area contributed by atoms with Crippen LogP contribution in [-0.4, -0.2) is 41.0 Å². The van der Waals surface area contributed by atoms with E-state index in [2.05, 4.69) is 5.32 Å². The third-order valence-electron chi connectivity index (χ3n) is 3.53. The Hall–Kier alpha value is -1.66. The van der Waals surface area contributed by atoms with Crippen LogP contribution in [0.3, 0.4) is 0 Å². The first-order chi connectivity index (χ1) is 10.8. The Morgan fingerprint density at radius 2 is 2.09 bits per heavy atom. The van der Waals surface area contributed by atoms with Gasteiger partial charge in [0.25, 0.3) is 0 Å². The second-order valence-corrected chi connectivity index (χ2v) is 5.87. The first kappa shape index (κ1) is 19.4. The molecule has 1 aromatic carbocycles. The van der Waals surface area contributed by atoms with Crippen molar-refractivity contribution >= 4 is 23.5 Å². The molecule has 7 heteroatoms. The van der Waals surface area contributed by atoms with Crippen molar-refractivity contribution in [3.63, 3.8) is 0 Å². The van der Waals surface area contributed by atoms with Gasteiger partial charge in [-0.25, -0.2) is 4.39 Å². The third kappa shape index (κ3) is 5.48.